The molecule has 1 N–H and O–H groups in total. The number of aliphatic hydroxyl groups is 1. The van der Waals surface area contributed by atoms with E-state index in [4.69, 9.17) is 9.47 Å². The van der Waals surface area contributed by atoms with Crippen LogP contribution in [-0.2, 0) is 24.7 Å². The highest BCUT2D eigenvalue weighted by atomic mass is 16.5. The van der Waals surface area contributed by atoms with Crippen molar-refractivity contribution in [2.24, 2.45) is 0 Å². The molecule has 2 aromatic rings. The lowest BCUT2D eigenvalue weighted by molar-refractivity contribution is -0.144. The number of hydrogen-bond acceptors (Lipinski definition) is 6. The molecule has 8 nitrogen and oxygen atoms in total. The van der Waals surface area contributed by atoms with Crippen LogP contribution in [-0.4, -0.2) is 61.5 Å². The number of para-hydroxylation sites is 1. The Kier molecular flexibility index (Phi) is 5.78. The van der Waals surface area contributed by atoms with Gasteiger partial charge in [0, 0.05) is 31.3 Å². The fraction of sp³-hybridized carbons (Fsp3) is 0.240. The molecule has 2 aliphatic heterocycles. The minimum Gasteiger partial charge on any atom is -0.507 e. The van der Waals surface area contributed by atoms with E-state index in [0.717, 1.165) is 0 Å². The topological polar surface area (TPSA) is 96.4 Å². The number of Topliss-reactive ketones (excluding diaryl/α,β-unsaturated/α-hetero) is 1. The summed E-state index contributed by atoms with van der Waals surface area (Å²) >= 11 is 0. The third-order valence-electron chi connectivity index (χ3n) is 6.00. The molecule has 2 aliphatic rings. The molecule has 2 amide bonds. The average Bonchev–Trinajstić information content (AvgIpc) is 3.21. The van der Waals surface area contributed by atoms with Crippen molar-refractivity contribution in [3.8, 4) is 5.75 Å². The first kappa shape index (κ1) is 22.3. The van der Waals surface area contributed by atoms with Crippen LogP contribution in [0.4, 0.5) is 5.69 Å². The summed E-state index contributed by atoms with van der Waals surface area (Å²) in [4.78, 5) is 43.2. The van der Waals surface area contributed by atoms with Crippen molar-refractivity contribution < 1.29 is 29.0 Å². The first-order valence-electron chi connectivity index (χ1n) is 10.4. The van der Waals surface area contributed by atoms with Crippen LogP contribution in [0.3, 0.4) is 0 Å². The standard InChI is InChI=1S/C25H24N2O6/c1-4-13-26-19-8-6-5-7-18(19)25(24(26)31)20(22(29)23(30)27(25)14-15-32-2)21(28)16-9-11-17(33-3)12-10-16/h4-12,28H,1,13-15H2,2-3H3/b21-20-. The molecule has 1 atom stereocenters. The number of anilines is 1. The number of benzene rings is 2. The molecule has 2 heterocycles. The van der Waals surface area contributed by atoms with Crippen LogP contribution in [0.15, 0.2) is 66.8 Å². The Morgan fingerprint density at radius 2 is 1.79 bits per heavy atom. The Labute approximate surface area is 191 Å². The maximum Gasteiger partial charge on any atom is 0.296 e. The molecule has 0 bridgehead atoms. The number of aliphatic hydroxyl groups excluding tert-OH is 1. The molecule has 1 saturated heterocycles. The molecule has 170 valence electrons. The maximum absolute atomic E-state index is 14.0. The number of ketones is 1. The Bertz CT molecular complexity index is 1170. The largest absolute Gasteiger partial charge is 0.507 e. The summed E-state index contributed by atoms with van der Waals surface area (Å²) in [6, 6.07) is 13.3. The van der Waals surface area contributed by atoms with Gasteiger partial charge in [-0.25, -0.2) is 0 Å². The maximum atomic E-state index is 14.0. The smallest absolute Gasteiger partial charge is 0.296 e. The fourth-order valence-electron chi connectivity index (χ4n) is 4.55. The molecule has 2 aromatic carbocycles. The minimum atomic E-state index is -1.81. The van der Waals surface area contributed by atoms with Crippen LogP contribution >= 0.6 is 0 Å². The van der Waals surface area contributed by atoms with Crippen LogP contribution in [0.2, 0.25) is 0 Å². The number of nitrogens with zero attached hydrogens (tertiary/aromatic N) is 2. The van der Waals surface area contributed by atoms with Gasteiger partial charge in [-0.05, 0) is 30.3 Å². The van der Waals surface area contributed by atoms with E-state index in [1.54, 1.807) is 54.6 Å². The molecule has 1 fully saturated rings. The second kappa shape index (κ2) is 8.55. The van der Waals surface area contributed by atoms with Gasteiger partial charge in [0.2, 0.25) is 0 Å². The van der Waals surface area contributed by atoms with Gasteiger partial charge in [0.15, 0.2) is 5.54 Å². The molecular weight excluding hydrogens is 424 g/mol. The van der Waals surface area contributed by atoms with Gasteiger partial charge in [-0.3, -0.25) is 14.4 Å². The Balaban J connectivity index is 2.03. The first-order chi connectivity index (χ1) is 15.9. The van der Waals surface area contributed by atoms with Gasteiger partial charge in [-0.15, -0.1) is 6.58 Å². The molecule has 0 saturated carbocycles. The number of carbonyl (C=O) groups excluding carboxylic acids is 3. The fourth-order valence-corrected chi connectivity index (χ4v) is 4.55. The molecule has 1 spiro atoms. The van der Waals surface area contributed by atoms with Gasteiger partial charge in [0.1, 0.15) is 11.5 Å². The SMILES string of the molecule is C=CCN1C(=O)C2(/C(=C(\O)c3ccc(OC)cc3)C(=O)C(=O)N2CCOC)c2ccccc21. The zero-order chi connectivity index (χ0) is 23.8. The Morgan fingerprint density at radius 3 is 2.42 bits per heavy atom. The van der Waals surface area contributed by atoms with Crippen molar-refractivity contribution in [1.29, 1.82) is 0 Å². The zero-order valence-corrected chi connectivity index (χ0v) is 18.4. The summed E-state index contributed by atoms with van der Waals surface area (Å²) in [5, 5.41) is 11.3. The predicted octanol–water partition coefficient (Wildman–Crippen LogP) is 2.45. The Hall–Kier alpha value is -3.91. The van der Waals surface area contributed by atoms with Crippen molar-refractivity contribution in [2.75, 3.05) is 38.8 Å². The van der Waals surface area contributed by atoms with Gasteiger partial charge in [0.05, 0.1) is 25.0 Å². The average molecular weight is 448 g/mol. The minimum absolute atomic E-state index is 0.0114. The van der Waals surface area contributed by atoms with Gasteiger partial charge < -0.3 is 24.4 Å². The van der Waals surface area contributed by atoms with Crippen LogP contribution in [0, 0.1) is 0 Å². The zero-order valence-electron chi connectivity index (χ0n) is 18.4. The summed E-state index contributed by atoms with van der Waals surface area (Å²) in [7, 11) is 2.98. The van der Waals surface area contributed by atoms with E-state index in [1.165, 1.54) is 24.0 Å². The number of ether oxygens (including phenoxy) is 2. The summed E-state index contributed by atoms with van der Waals surface area (Å²) in [5.41, 5.74) is -0.796. The summed E-state index contributed by atoms with van der Waals surface area (Å²) in [6.07, 6.45) is 1.57. The van der Waals surface area contributed by atoms with Crippen LogP contribution in [0.5, 0.6) is 5.75 Å². The van der Waals surface area contributed by atoms with E-state index in [-0.39, 0.29) is 30.8 Å². The molecule has 0 radical (unpaired) electrons. The van der Waals surface area contributed by atoms with Crippen molar-refractivity contribution >= 4 is 29.0 Å². The van der Waals surface area contributed by atoms with Gasteiger partial charge in [0.25, 0.3) is 17.6 Å². The van der Waals surface area contributed by atoms with E-state index in [1.807, 2.05) is 0 Å². The summed E-state index contributed by atoms with van der Waals surface area (Å²) in [6.45, 7) is 4.00. The van der Waals surface area contributed by atoms with E-state index in [0.29, 0.717) is 17.0 Å². The molecule has 4 rings (SSSR count). The van der Waals surface area contributed by atoms with Crippen LogP contribution in [0.1, 0.15) is 11.1 Å². The molecular formula is C25H24N2O6. The van der Waals surface area contributed by atoms with Crippen molar-refractivity contribution in [1.82, 2.24) is 4.90 Å². The second-order valence-electron chi connectivity index (χ2n) is 7.66. The lowest BCUT2D eigenvalue weighted by Crippen LogP contribution is -2.52. The second-order valence-corrected chi connectivity index (χ2v) is 7.66. The normalized spacial score (nSPS) is 21.1. The van der Waals surface area contributed by atoms with Crippen LogP contribution < -0.4 is 9.64 Å². The van der Waals surface area contributed by atoms with Gasteiger partial charge >= 0.3 is 0 Å². The highest BCUT2D eigenvalue weighted by molar-refractivity contribution is 6.50. The van der Waals surface area contributed by atoms with E-state index in [2.05, 4.69) is 6.58 Å². The molecule has 0 aromatic heterocycles. The van der Waals surface area contributed by atoms with Crippen molar-refractivity contribution in [2.45, 2.75) is 5.54 Å². The van der Waals surface area contributed by atoms with Crippen LogP contribution in [0.25, 0.3) is 5.76 Å². The lowest BCUT2D eigenvalue weighted by atomic mass is 9.82. The number of methoxy groups -OCH3 is 2. The van der Waals surface area contributed by atoms with Gasteiger partial charge in [-0.1, -0.05) is 24.3 Å². The third-order valence-corrected chi connectivity index (χ3v) is 6.00. The third kappa shape index (κ3) is 3.14. The predicted molar refractivity (Wildman–Crippen MR) is 122 cm³/mol. The molecule has 33 heavy (non-hydrogen) atoms. The summed E-state index contributed by atoms with van der Waals surface area (Å²) < 4.78 is 10.3. The first-order valence-corrected chi connectivity index (χ1v) is 10.4. The van der Waals surface area contributed by atoms with Gasteiger partial charge in [-0.2, -0.15) is 0 Å². The van der Waals surface area contributed by atoms with E-state index < -0.39 is 28.9 Å². The lowest BCUT2D eigenvalue weighted by Gasteiger charge is -2.34. The molecule has 1 unspecified atom stereocenters. The number of rotatable bonds is 7. The van der Waals surface area contributed by atoms with Crippen molar-refractivity contribution in [3.05, 3.63) is 77.9 Å². The Morgan fingerprint density at radius 1 is 1.09 bits per heavy atom. The highest BCUT2D eigenvalue weighted by Gasteiger charge is 2.66. The summed E-state index contributed by atoms with van der Waals surface area (Å²) in [5.74, 6) is -2.18. The molecule has 0 aliphatic carbocycles. The molecule has 8 heteroatoms. The monoisotopic (exact) mass is 448 g/mol. The number of likely N-dealkylation sites (tertiary alicyclic amines) is 1. The van der Waals surface area contributed by atoms with Crippen molar-refractivity contribution in [3.63, 3.8) is 0 Å². The quantitative estimate of drug-likeness (QED) is 0.303. The number of amides is 2. The number of carbonyl (C=O) groups is 3. The van der Waals surface area contributed by atoms with E-state index >= 15 is 0 Å². The number of hydrogen-bond donors (Lipinski definition) is 1. The number of fused-ring (bicyclic) bond motifs is 2. The highest BCUT2D eigenvalue weighted by Crippen LogP contribution is 2.53. The van der Waals surface area contributed by atoms with E-state index in [9.17, 15) is 19.5 Å².